The molecule has 0 bridgehead atoms. The summed E-state index contributed by atoms with van der Waals surface area (Å²) in [4.78, 5) is 0. The first-order valence-electron chi connectivity index (χ1n) is 6.18. The molecule has 1 nitrogen and oxygen atoms in total. The Morgan fingerprint density at radius 2 is 1.56 bits per heavy atom. The van der Waals surface area contributed by atoms with Gasteiger partial charge in [0.25, 0.3) is 0 Å². The monoisotopic (exact) mass is 259 g/mol. The van der Waals surface area contributed by atoms with Crippen LogP contribution >= 0.6 is 0 Å². The smallest absolute Gasteiger partial charge is 0.132 e. The molecule has 0 saturated heterocycles. The lowest BCUT2D eigenvalue weighted by atomic mass is 10.1. The van der Waals surface area contributed by atoms with Gasteiger partial charge in [-0.2, -0.15) is 0 Å². The zero-order valence-electron chi connectivity index (χ0n) is 11.1. The maximum absolute atomic E-state index is 13.3. The average molecular weight is 259 g/mol. The first-order valence-corrected chi connectivity index (χ1v) is 6.18. The number of halogens is 3. The molecule has 0 atom stereocenters. The maximum atomic E-state index is 13.3. The van der Waals surface area contributed by atoms with Crippen LogP contribution in [-0.4, -0.2) is 12.1 Å². The van der Waals surface area contributed by atoms with E-state index in [0.717, 1.165) is 25.1 Å². The minimum Gasteiger partial charge on any atom is -0.312 e. The molecule has 1 rings (SSSR count). The Labute approximate surface area is 106 Å². The number of unbranched alkanes of at least 4 members (excludes halogenated alkanes) is 1. The molecule has 1 aromatic rings. The quantitative estimate of drug-likeness (QED) is 0.793. The zero-order valence-corrected chi connectivity index (χ0v) is 11.1. The summed E-state index contributed by atoms with van der Waals surface area (Å²) in [5.74, 6) is -2.46. The molecule has 18 heavy (non-hydrogen) atoms. The van der Waals surface area contributed by atoms with Gasteiger partial charge in [-0.25, -0.2) is 13.2 Å². The zero-order chi connectivity index (χ0) is 13.8. The first-order chi connectivity index (χ1) is 8.29. The van der Waals surface area contributed by atoms with E-state index in [1.807, 2.05) is 0 Å². The molecule has 102 valence electrons. The molecule has 0 spiro atoms. The molecule has 0 aliphatic rings. The van der Waals surface area contributed by atoms with Crippen molar-refractivity contribution in [3.63, 3.8) is 0 Å². The molecule has 0 aliphatic carbocycles. The highest BCUT2D eigenvalue weighted by Crippen LogP contribution is 2.17. The summed E-state index contributed by atoms with van der Waals surface area (Å²) in [5, 5.41) is 3.30. The average Bonchev–Trinajstić information content (AvgIpc) is 2.19. The molecule has 0 heterocycles. The third-order valence-corrected chi connectivity index (χ3v) is 2.61. The first kappa shape index (κ1) is 15.0. The summed E-state index contributed by atoms with van der Waals surface area (Å²) in [5.41, 5.74) is 0.0268. The van der Waals surface area contributed by atoms with Gasteiger partial charge in [-0.05, 0) is 46.6 Å². The maximum Gasteiger partial charge on any atom is 0.132 e. The van der Waals surface area contributed by atoms with Crippen molar-refractivity contribution in [3.8, 4) is 0 Å². The SMILES string of the molecule is CC(C)(C)NCCCCc1c(F)cc(F)cc1F. The van der Waals surface area contributed by atoms with Crippen LogP contribution in [0.15, 0.2) is 12.1 Å². The fourth-order valence-corrected chi connectivity index (χ4v) is 1.70. The minimum absolute atomic E-state index is 0.0211. The lowest BCUT2D eigenvalue weighted by Crippen LogP contribution is -2.36. The van der Waals surface area contributed by atoms with Crippen molar-refractivity contribution in [2.24, 2.45) is 0 Å². The summed E-state index contributed by atoms with van der Waals surface area (Å²) < 4.78 is 39.3. The van der Waals surface area contributed by atoms with E-state index >= 15 is 0 Å². The van der Waals surface area contributed by atoms with Crippen molar-refractivity contribution in [2.75, 3.05) is 6.54 Å². The summed E-state index contributed by atoms with van der Waals surface area (Å²) in [6, 6.07) is 1.46. The summed E-state index contributed by atoms with van der Waals surface area (Å²) in [7, 11) is 0. The van der Waals surface area contributed by atoms with Crippen LogP contribution in [0.4, 0.5) is 13.2 Å². The van der Waals surface area contributed by atoms with Gasteiger partial charge >= 0.3 is 0 Å². The van der Waals surface area contributed by atoms with Crippen LogP contribution in [0.1, 0.15) is 39.2 Å². The highest BCUT2D eigenvalue weighted by Gasteiger charge is 2.11. The van der Waals surface area contributed by atoms with Gasteiger partial charge in [0.15, 0.2) is 0 Å². The summed E-state index contributed by atoms with van der Waals surface area (Å²) in [6.07, 6.45) is 1.79. The van der Waals surface area contributed by atoms with Gasteiger partial charge in [-0.3, -0.25) is 0 Å². The van der Waals surface area contributed by atoms with Gasteiger partial charge in [-0.1, -0.05) is 0 Å². The van der Waals surface area contributed by atoms with E-state index < -0.39 is 17.5 Å². The van der Waals surface area contributed by atoms with E-state index in [1.54, 1.807) is 0 Å². The van der Waals surface area contributed by atoms with Crippen LogP contribution in [0.5, 0.6) is 0 Å². The Morgan fingerprint density at radius 1 is 1.00 bits per heavy atom. The number of rotatable bonds is 5. The van der Waals surface area contributed by atoms with Crippen LogP contribution in [0.2, 0.25) is 0 Å². The fraction of sp³-hybridized carbons (Fsp3) is 0.571. The summed E-state index contributed by atoms with van der Waals surface area (Å²) >= 11 is 0. The molecular formula is C14H20F3N. The third-order valence-electron chi connectivity index (χ3n) is 2.61. The van der Waals surface area contributed by atoms with Crippen LogP contribution < -0.4 is 5.32 Å². The van der Waals surface area contributed by atoms with Gasteiger partial charge in [0, 0.05) is 23.2 Å². The van der Waals surface area contributed by atoms with Crippen molar-refractivity contribution in [2.45, 2.75) is 45.6 Å². The highest BCUT2D eigenvalue weighted by molar-refractivity contribution is 5.20. The van der Waals surface area contributed by atoms with Crippen LogP contribution in [0, 0.1) is 17.5 Å². The van der Waals surface area contributed by atoms with Crippen LogP contribution in [0.3, 0.4) is 0 Å². The molecule has 0 radical (unpaired) electrons. The molecule has 0 aromatic heterocycles. The number of hydrogen-bond donors (Lipinski definition) is 1. The van der Waals surface area contributed by atoms with Gasteiger partial charge in [0.05, 0.1) is 0 Å². The Kier molecular flexibility index (Phi) is 5.20. The Balaban J connectivity index is 2.41. The van der Waals surface area contributed by atoms with E-state index in [1.165, 1.54) is 0 Å². The lowest BCUT2D eigenvalue weighted by Gasteiger charge is -2.20. The number of nitrogens with one attached hydrogen (secondary N) is 1. The second kappa shape index (κ2) is 6.23. The molecule has 0 saturated carbocycles. The summed E-state index contributed by atoms with van der Waals surface area (Å²) in [6.45, 7) is 6.98. The second-order valence-corrected chi connectivity index (χ2v) is 5.48. The van der Waals surface area contributed by atoms with E-state index in [2.05, 4.69) is 26.1 Å². The molecule has 1 N–H and O–H groups in total. The largest absolute Gasteiger partial charge is 0.312 e. The molecule has 0 aliphatic heterocycles. The topological polar surface area (TPSA) is 12.0 Å². The number of benzene rings is 1. The Bertz CT molecular complexity index is 374. The van der Waals surface area contributed by atoms with Crippen molar-refractivity contribution >= 4 is 0 Å². The second-order valence-electron chi connectivity index (χ2n) is 5.48. The molecule has 0 unspecified atom stereocenters. The van der Waals surface area contributed by atoms with E-state index in [-0.39, 0.29) is 11.1 Å². The molecule has 0 amide bonds. The number of hydrogen-bond acceptors (Lipinski definition) is 1. The normalized spacial score (nSPS) is 11.9. The standard InChI is InChI=1S/C14H20F3N/c1-14(2,3)18-7-5-4-6-11-12(16)8-10(15)9-13(11)17/h8-9,18H,4-7H2,1-3H3. The van der Waals surface area contributed by atoms with Crippen LogP contribution in [0.25, 0.3) is 0 Å². The molecule has 1 aromatic carbocycles. The lowest BCUT2D eigenvalue weighted by molar-refractivity contribution is 0.417. The molecule has 4 heteroatoms. The van der Waals surface area contributed by atoms with Crippen molar-refractivity contribution < 1.29 is 13.2 Å². The van der Waals surface area contributed by atoms with Crippen molar-refractivity contribution in [1.29, 1.82) is 0 Å². The Hall–Kier alpha value is -1.03. The van der Waals surface area contributed by atoms with E-state index in [0.29, 0.717) is 12.8 Å². The fourth-order valence-electron chi connectivity index (χ4n) is 1.70. The molecular weight excluding hydrogens is 239 g/mol. The van der Waals surface area contributed by atoms with Gasteiger partial charge in [0.2, 0.25) is 0 Å². The van der Waals surface area contributed by atoms with Crippen LogP contribution in [-0.2, 0) is 6.42 Å². The minimum atomic E-state index is -0.872. The van der Waals surface area contributed by atoms with Crippen molar-refractivity contribution in [3.05, 3.63) is 35.1 Å². The van der Waals surface area contributed by atoms with Gasteiger partial charge in [0.1, 0.15) is 17.5 Å². The predicted molar refractivity (Wildman–Crippen MR) is 67.0 cm³/mol. The predicted octanol–water partition coefficient (Wildman–Crippen LogP) is 3.81. The highest BCUT2D eigenvalue weighted by atomic mass is 19.1. The van der Waals surface area contributed by atoms with Crippen molar-refractivity contribution in [1.82, 2.24) is 5.32 Å². The van der Waals surface area contributed by atoms with Gasteiger partial charge < -0.3 is 5.32 Å². The van der Waals surface area contributed by atoms with E-state index in [4.69, 9.17) is 0 Å². The Morgan fingerprint density at radius 3 is 2.06 bits per heavy atom. The van der Waals surface area contributed by atoms with Gasteiger partial charge in [-0.15, -0.1) is 0 Å². The third kappa shape index (κ3) is 5.08. The van der Waals surface area contributed by atoms with E-state index in [9.17, 15) is 13.2 Å². The molecule has 0 fully saturated rings.